The number of aliphatic imine (C=N–C) groups is 1. The molecule has 0 amide bonds. The molecule has 1 fully saturated rings. The van der Waals surface area contributed by atoms with Crippen molar-refractivity contribution in [1.82, 2.24) is 15.0 Å². The van der Waals surface area contributed by atoms with Gasteiger partial charge < -0.3 is 15.8 Å². The molecule has 2 aromatic heterocycles. The average Bonchev–Trinajstić information content (AvgIpc) is 2.78. The van der Waals surface area contributed by atoms with E-state index in [0.29, 0.717) is 54.3 Å². The number of halogens is 2. The predicted molar refractivity (Wildman–Crippen MR) is 128 cm³/mol. The minimum atomic E-state index is -3.85. The lowest BCUT2D eigenvalue weighted by molar-refractivity contribution is 0.311. The Kier molecular flexibility index (Phi) is 5.58. The van der Waals surface area contributed by atoms with Crippen molar-refractivity contribution in [2.45, 2.75) is 36.5 Å². The van der Waals surface area contributed by atoms with Crippen molar-refractivity contribution in [3.63, 3.8) is 0 Å². The highest BCUT2D eigenvalue weighted by Gasteiger charge is 2.59. The maximum absolute atomic E-state index is 15.0. The summed E-state index contributed by atoms with van der Waals surface area (Å²) < 4.78 is 59.9. The summed E-state index contributed by atoms with van der Waals surface area (Å²) in [5, 5.41) is 3.04. The molecule has 1 aromatic carbocycles. The summed E-state index contributed by atoms with van der Waals surface area (Å²) in [5.41, 5.74) is 5.22. The molecule has 3 heterocycles. The highest BCUT2D eigenvalue weighted by Crippen LogP contribution is 2.47. The Labute approximate surface area is 200 Å². The van der Waals surface area contributed by atoms with Gasteiger partial charge in [0, 0.05) is 17.4 Å². The molecular weight excluding hydrogens is 478 g/mol. The molecule has 1 aliphatic heterocycles. The molecule has 0 bridgehead atoms. The van der Waals surface area contributed by atoms with Crippen molar-refractivity contribution in [3.8, 4) is 5.88 Å². The van der Waals surface area contributed by atoms with Crippen molar-refractivity contribution in [1.29, 1.82) is 0 Å². The van der Waals surface area contributed by atoms with E-state index in [2.05, 4.69) is 25.3 Å². The van der Waals surface area contributed by atoms with E-state index in [9.17, 15) is 12.8 Å². The number of nitrogens with zero attached hydrogens (tertiary/aromatic N) is 4. The number of aromatic nitrogens is 3. The number of alkyl halides is 1. The number of rotatable bonds is 6. The monoisotopic (exact) mass is 502 g/mol. The van der Waals surface area contributed by atoms with Crippen LogP contribution < -0.4 is 15.8 Å². The summed E-state index contributed by atoms with van der Waals surface area (Å²) in [6.07, 6.45) is 4.37. The first-order valence-corrected chi connectivity index (χ1v) is 12.8. The van der Waals surface area contributed by atoms with Gasteiger partial charge in [-0.1, -0.05) is 0 Å². The summed E-state index contributed by atoms with van der Waals surface area (Å²) in [6, 6.07) is 5.57. The lowest BCUT2D eigenvalue weighted by Gasteiger charge is -2.46. The number of sulfone groups is 1. The zero-order valence-electron chi connectivity index (χ0n) is 19.0. The van der Waals surface area contributed by atoms with E-state index in [1.165, 1.54) is 24.5 Å². The Hall–Kier alpha value is -3.41. The first kappa shape index (κ1) is 23.3. The molecular formula is C23H24F2N6O3S. The van der Waals surface area contributed by atoms with Crippen LogP contribution >= 0.6 is 0 Å². The summed E-state index contributed by atoms with van der Waals surface area (Å²) in [6.45, 7) is 1.05. The van der Waals surface area contributed by atoms with Crippen LogP contribution in [0.25, 0.3) is 11.0 Å². The number of fused-ring (bicyclic) bond motifs is 1. The standard InChI is InChI=1S/C23H24F2N6O3S/c1-2-34-18-11-28-19-17(30-18)6-9-27-20(19)29-14-4-5-16(25)15(10-14)22(12-24)13-35(32,33)23(7-3-8-23)21(26)31-22/h4-6,9-11H,2-3,7-8,12-13H2,1H3,(H2,26,31)(H,27,29)/t22-/m0/s1. The maximum atomic E-state index is 15.0. The van der Waals surface area contributed by atoms with Crippen molar-refractivity contribution in [2.75, 3.05) is 24.4 Å². The number of benzene rings is 1. The molecule has 35 heavy (non-hydrogen) atoms. The third-order valence-corrected chi connectivity index (χ3v) is 9.33. The van der Waals surface area contributed by atoms with Crippen LogP contribution in [-0.2, 0) is 15.4 Å². The number of anilines is 2. The number of hydrogen-bond acceptors (Lipinski definition) is 9. The van der Waals surface area contributed by atoms with Gasteiger partial charge in [-0.05, 0) is 50.5 Å². The fraction of sp³-hybridized carbons (Fsp3) is 0.391. The second-order valence-corrected chi connectivity index (χ2v) is 11.1. The zero-order chi connectivity index (χ0) is 24.8. The van der Waals surface area contributed by atoms with Crippen molar-refractivity contribution in [3.05, 3.63) is 48.0 Å². The van der Waals surface area contributed by atoms with Crippen LogP contribution in [0.5, 0.6) is 5.88 Å². The Balaban J connectivity index is 1.55. The minimum absolute atomic E-state index is 0.151. The quantitative estimate of drug-likeness (QED) is 0.525. The number of nitrogens with one attached hydrogen (secondary N) is 1. The number of ether oxygens (including phenoxy) is 1. The number of hydrogen-bond donors (Lipinski definition) is 2. The van der Waals surface area contributed by atoms with Crippen LogP contribution in [0.2, 0.25) is 0 Å². The third-order valence-electron chi connectivity index (χ3n) is 6.67. The lowest BCUT2D eigenvalue weighted by Crippen LogP contribution is -2.62. The Morgan fingerprint density at radius 2 is 2.03 bits per heavy atom. The van der Waals surface area contributed by atoms with Crippen molar-refractivity contribution >= 4 is 38.2 Å². The molecule has 3 N–H and O–H groups in total. The van der Waals surface area contributed by atoms with Gasteiger partial charge in [0.1, 0.15) is 34.1 Å². The fourth-order valence-corrected chi connectivity index (χ4v) is 7.13. The summed E-state index contributed by atoms with van der Waals surface area (Å²) in [5.74, 6) is -0.893. The van der Waals surface area contributed by atoms with Crippen LogP contribution in [-0.4, -0.2) is 53.0 Å². The summed E-state index contributed by atoms with van der Waals surface area (Å²) in [7, 11) is -3.85. The van der Waals surface area contributed by atoms with Crippen LogP contribution in [0.3, 0.4) is 0 Å². The smallest absolute Gasteiger partial charge is 0.232 e. The SMILES string of the molecule is CCOc1cnc2c(Nc3ccc(F)c([C@]4(CF)CS(=O)(=O)C5(CCC5)C(N)=N4)c3)nccc2n1. The predicted octanol–water partition coefficient (Wildman–Crippen LogP) is 3.18. The lowest BCUT2D eigenvalue weighted by atomic mass is 9.82. The molecule has 9 nitrogen and oxygen atoms in total. The van der Waals surface area contributed by atoms with E-state index >= 15 is 4.39 Å². The van der Waals surface area contributed by atoms with Crippen molar-refractivity contribution < 1.29 is 21.9 Å². The zero-order valence-corrected chi connectivity index (χ0v) is 19.8. The number of amidine groups is 1. The minimum Gasteiger partial charge on any atom is -0.477 e. The highest BCUT2D eigenvalue weighted by molar-refractivity contribution is 7.93. The molecule has 1 spiro atoms. The Morgan fingerprint density at radius 1 is 1.23 bits per heavy atom. The van der Waals surface area contributed by atoms with Gasteiger partial charge in [0.15, 0.2) is 15.7 Å². The Bertz CT molecular complexity index is 1440. The third kappa shape index (κ3) is 3.67. The number of nitrogens with two attached hydrogens (primary N) is 1. The van der Waals surface area contributed by atoms with Gasteiger partial charge >= 0.3 is 0 Å². The van der Waals surface area contributed by atoms with Crippen LogP contribution in [0, 0.1) is 5.82 Å². The van der Waals surface area contributed by atoms with Crippen LogP contribution in [0.1, 0.15) is 31.7 Å². The van der Waals surface area contributed by atoms with E-state index in [1.54, 1.807) is 6.07 Å². The van der Waals surface area contributed by atoms with E-state index in [-0.39, 0.29) is 11.4 Å². The second-order valence-electron chi connectivity index (χ2n) is 8.76. The molecule has 0 saturated heterocycles. The molecule has 12 heteroatoms. The first-order chi connectivity index (χ1) is 16.7. The molecule has 0 radical (unpaired) electrons. The molecule has 2 aliphatic rings. The second kappa shape index (κ2) is 8.36. The molecule has 0 unspecified atom stereocenters. The van der Waals surface area contributed by atoms with Gasteiger partial charge in [-0.25, -0.2) is 32.2 Å². The van der Waals surface area contributed by atoms with Gasteiger partial charge in [-0.15, -0.1) is 0 Å². The molecule has 1 aliphatic carbocycles. The Morgan fingerprint density at radius 3 is 2.69 bits per heavy atom. The molecule has 3 aromatic rings. The van der Waals surface area contributed by atoms with Gasteiger partial charge in [-0.3, -0.25) is 4.99 Å². The summed E-state index contributed by atoms with van der Waals surface area (Å²) in [4.78, 5) is 17.3. The number of pyridine rings is 1. The van der Waals surface area contributed by atoms with E-state index < -0.39 is 38.4 Å². The normalized spacial score (nSPS) is 22.4. The van der Waals surface area contributed by atoms with Gasteiger partial charge in [0.2, 0.25) is 5.88 Å². The fourth-order valence-electron chi connectivity index (χ4n) is 4.65. The first-order valence-electron chi connectivity index (χ1n) is 11.2. The largest absolute Gasteiger partial charge is 0.477 e. The van der Waals surface area contributed by atoms with Crippen LogP contribution in [0.4, 0.5) is 20.3 Å². The van der Waals surface area contributed by atoms with E-state index in [0.717, 1.165) is 6.07 Å². The maximum Gasteiger partial charge on any atom is 0.232 e. The molecule has 184 valence electrons. The molecule has 1 atom stereocenters. The molecule has 5 rings (SSSR count). The van der Waals surface area contributed by atoms with E-state index in [4.69, 9.17) is 10.5 Å². The van der Waals surface area contributed by atoms with Crippen molar-refractivity contribution in [2.24, 2.45) is 10.7 Å². The summed E-state index contributed by atoms with van der Waals surface area (Å²) >= 11 is 0. The van der Waals surface area contributed by atoms with Crippen LogP contribution in [0.15, 0.2) is 41.7 Å². The van der Waals surface area contributed by atoms with Gasteiger partial charge in [0.25, 0.3) is 0 Å². The topological polar surface area (TPSA) is 132 Å². The highest BCUT2D eigenvalue weighted by atomic mass is 32.2. The van der Waals surface area contributed by atoms with E-state index in [1.807, 2.05) is 6.92 Å². The van der Waals surface area contributed by atoms with Gasteiger partial charge in [-0.2, -0.15) is 0 Å². The molecule has 1 saturated carbocycles. The average molecular weight is 503 g/mol. The van der Waals surface area contributed by atoms with Gasteiger partial charge in [0.05, 0.1) is 24.1 Å².